The van der Waals surface area contributed by atoms with Crippen molar-refractivity contribution in [3.8, 4) is 0 Å². The Labute approximate surface area is 180 Å². The van der Waals surface area contributed by atoms with Crippen LogP contribution in [0, 0.1) is 6.92 Å². The van der Waals surface area contributed by atoms with E-state index in [0.29, 0.717) is 28.5 Å². The Hall–Kier alpha value is -3.06. The first-order valence-electron chi connectivity index (χ1n) is 10.0. The van der Waals surface area contributed by atoms with Gasteiger partial charge in [0, 0.05) is 24.6 Å². The zero-order valence-electron chi connectivity index (χ0n) is 17.2. The predicted molar refractivity (Wildman–Crippen MR) is 120 cm³/mol. The van der Waals surface area contributed by atoms with Crippen LogP contribution in [-0.2, 0) is 17.6 Å². The summed E-state index contributed by atoms with van der Waals surface area (Å²) in [6.45, 7) is 4.00. The number of nitrogens with zero attached hydrogens (tertiary/aromatic N) is 2. The van der Waals surface area contributed by atoms with E-state index < -0.39 is 0 Å². The van der Waals surface area contributed by atoms with Gasteiger partial charge in [-0.1, -0.05) is 59.4 Å². The van der Waals surface area contributed by atoms with Gasteiger partial charge in [-0.15, -0.1) is 10.2 Å². The summed E-state index contributed by atoms with van der Waals surface area (Å²) >= 11 is 1.22. The SMILES string of the molecule is Cc1ccc(NC(=O)c2nnc(CCC(=O)N[C@@H](C)CCc3ccccc3)s2)cc1. The number of hydrogen-bond donors (Lipinski definition) is 2. The lowest BCUT2D eigenvalue weighted by Gasteiger charge is -2.13. The van der Waals surface area contributed by atoms with E-state index in [0.717, 1.165) is 18.4 Å². The molecule has 0 bridgehead atoms. The number of carbonyl (C=O) groups is 2. The first kappa shape index (κ1) is 21.6. The number of rotatable bonds is 9. The predicted octanol–water partition coefficient (Wildman–Crippen LogP) is 4.17. The fourth-order valence-corrected chi connectivity index (χ4v) is 3.67. The van der Waals surface area contributed by atoms with Gasteiger partial charge < -0.3 is 10.6 Å². The summed E-state index contributed by atoms with van der Waals surface area (Å²) in [6.07, 6.45) is 2.60. The minimum atomic E-state index is -0.290. The van der Waals surface area contributed by atoms with Crippen molar-refractivity contribution < 1.29 is 9.59 Å². The molecule has 0 saturated heterocycles. The lowest BCUT2D eigenvalue weighted by atomic mass is 10.1. The van der Waals surface area contributed by atoms with Crippen molar-refractivity contribution in [2.45, 2.75) is 45.6 Å². The highest BCUT2D eigenvalue weighted by Crippen LogP contribution is 2.15. The molecule has 2 aromatic carbocycles. The van der Waals surface area contributed by atoms with Gasteiger partial charge in [0.25, 0.3) is 5.91 Å². The fourth-order valence-electron chi connectivity index (χ4n) is 2.94. The molecule has 7 heteroatoms. The van der Waals surface area contributed by atoms with Crippen molar-refractivity contribution in [3.05, 3.63) is 75.7 Å². The number of amides is 2. The quantitative estimate of drug-likeness (QED) is 0.542. The molecule has 0 aliphatic heterocycles. The van der Waals surface area contributed by atoms with E-state index in [4.69, 9.17) is 0 Å². The minimum Gasteiger partial charge on any atom is -0.354 e. The van der Waals surface area contributed by atoms with E-state index in [-0.39, 0.29) is 17.9 Å². The van der Waals surface area contributed by atoms with Gasteiger partial charge in [-0.05, 0) is 44.4 Å². The molecule has 6 nitrogen and oxygen atoms in total. The van der Waals surface area contributed by atoms with Crippen LogP contribution in [0.3, 0.4) is 0 Å². The number of aromatic nitrogens is 2. The van der Waals surface area contributed by atoms with Gasteiger partial charge in [-0.2, -0.15) is 0 Å². The number of benzene rings is 2. The van der Waals surface area contributed by atoms with Crippen LogP contribution >= 0.6 is 11.3 Å². The Balaban J connectivity index is 1.41. The van der Waals surface area contributed by atoms with Crippen molar-refractivity contribution in [3.63, 3.8) is 0 Å². The molecule has 156 valence electrons. The molecule has 0 fully saturated rings. The number of aryl methyl sites for hydroxylation is 3. The van der Waals surface area contributed by atoms with Crippen molar-refractivity contribution >= 4 is 28.8 Å². The number of carbonyl (C=O) groups excluding carboxylic acids is 2. The number of hydrogen-bond acceptors (Lipinski definition) is 5. The third kappa shape index (κ3) is 6.77. The summed E-state index contributed by atoms with van der Waals surface area (Å²) in [7, 11) is 0. The molecule has 2 N–H and O–H groups in total. The first-order valence-corrected chi connectivity index (χ1v) is 10.8. The minimum absolute atomic E-state index is 0.0172. The van der Waals surface area contributed by atoms with E-state index in [1.54, 1.807) is 0 Å². The standard InChI is InChI=1S/C23H26N4O2S/c1-16-8-12-19(13-9-16)25-22(29)23-27-26-21(30-23)15-14-20(28)24-17(2)10-11-18-6-4-3-5-7-18/h3-9,12-13,17H,10-11,14-15H2,1-2H3,(H,24,28)(H,25,29)/t17-/m0/s1. The summed E-state index contributed by atoms with van der Waals surface area (Å²) in [4.78, 5) is 24.5. The average molecular weight is 423 g/mol. The van der Waals surface area contributed by atoms with E-state index in [2.05, 4.69) is 33.0 Å². The number of nitrogens with one attached hydrogen (secondary N) is 2. The molecule has 0 spiro atoms. The highest BCUT2D eigenvalue weighted by atomic mass is 32.1. The van der Waals surface area contributed by atoms with Gasteiger partial charge in [-0.25, -0.2) is 0 Å². The highest BCUT2D eigenvalue weighted by Gasteiger charge is 2.15. The lowest BCUT2D eigenvalue weighted by Crippen LogP contribution is -2.33. The molecule has 0 unspecified atom stereocenters. The maximum absolute atomic E-state index is 12.3. The summed E-state index contributed by atoms with van der Waals surface area (Å²) in [5.74, 6) is -0.307. The third-order valence-corrected chi connectivity index (χ3v) is 5.63. The molecule has 3 aromatic rings. The molecule has 0 aliphatic carbocycles. The number of anilines is 1. The second-order valence-electron chi connectivity index (χ2n) is 7.31. The van der Waals surface area contributed by atoms with Crippen LogP contribution < -0.4 is 10.6 Å². The van der Waals surface area contributed by atoms with Crippen LogP contribution in [0.25, 0.3) is 0 Å². The van der Waals surface area contributed by atoms with Crippen LogP contribution in [0.2, 0.25) is 0 Å². The van der Waals surface area contributed by atoms with Gasteiger partial charge in [-0.3, -0.25) is 9.59 Å². The fraction of sp³-hybridized carbons (Fsp3) is 0.304. The monoisotopic (exact) mass is 422 g/mol. The van der Waals surface area contributed by atoms with E-state index >= 15 is 0 Å². The Bertz CT molecular complexity index is 970. The van der Waals surface area contributed by atoms with Crippen molar-refractivity contribution in [2.75, 3.05) is 5.32 Å². The molecular weight excluding hydrogens is 396 g/mol. The summed E-state index contributed by atoms with van der Waals surface area (Å²) in [5.41, 5.74) is 3.11. The van der Waals surface area contributed by atoms with Crippen molar-refractivity contribution in [1.29, 1.82) is 0 Å². The second-order valence-corrected chi connectivity index (χ2v) is 8.38. The molecule has 0 saturated carbocycles. The summed E-state index contributed by atoms with van der Waals surface area (Å²) in [6, 6.07) is 17.9. The van der Waals surface area contributed by atoms with Crippen LogP contribution in [0.4, 0.5) is 5.69 Å². The Morgan fingerprint density at radius 3 is 2.47 bits per heavy atom. The van der Waals surface area contributed by atoms with Crippen LogP contribution in [0.15, 0.2) is 54.6 Å². The molecule has 1 heterocycles. The van der Waals surface area contributed by atoms with Crippen molar-refractivity contribution in [1.82, 2.24) is 15.5 Å². The van der Waals surface area contributed by atoms with Crippen LogP contribution in [0.5, 0.6) is 0 Å². The van der Waals surface area contributed by atoms with E-state index in [9.17, 15) is 9.59 Å². The van der Waals surface area contributed by atoms with Crippen LogP contribution in [-0.4, -0.2) is 28.1 Å². The smallest absolute Gasteiger partial charge is 0.286 e. The molecular formula is C23H26N4O2S. The molecule has 1 atom stereocenters. The first-order chi connectivity index (χ1) is 14.5. The Kier molecular flexibility index (Phi) is 7.68. The van der Waals surface area contributed by atoms with E-state index in [1.165, 1.54) is 16.9 Å². The average Bonchev–Trinajstić information content (AvgIpc) is 3.22. The third-order valence-electron chi connectivity index (χ3n) is 4.65. The summed E-state index contributed by atoms with van der Waals surface area (Å²) < 4.78 is 0. The van der Waals surface area contributed by atoms with Gasteiger partial charge in [0.05, 0.1) is 0 Å². The molecule has 1 aromatic heterocycles. The van der Waals surface area contributed by atoms with Gasteiger partial charge in [0.1, 0.15) is 5.01 Å². The zero-order chi connectivity index (χ0) is 21.3. The highest BCUT2D eigenvalue weighted by molar-refractivity contribution is 7.13. The maximum Gasteiger partial charge on any atom is 0.286 e. The van der Waals surface area contributed by atoms with Crippen molar-refractivity contribution in [2.24, 2.45) is 0 Å². The zero-order valence-corrected chi connectivity index (χ0v) is 18.0. The molecule has 2 amide bonds. The normalized spacial score (nSPS) is 11.7. The van der Waals surface area contributed by atoms with Crippen LogP contribution in [0.1, 0.15) is 45.7 Å². The lowest BCUT2D eigenvalue weighted by molar-refractivity contribution is -0.121. The van der Waals surface area contributed by atoms with E-state index in [1.807, 2.05) is 56.3 Å². The Morgan fingerprint density at radius 1 is 1.00 bits per heavy atom. The maximum atomic E-state index is 12.3. The summed E-state index contributed by atoms with van der Waals surface area (Å²) in [5, 5.41) is 14.8. The Morgan fingerprint density at radius 2 is 1.73 bits per heavy atom. The molecule has 0 radical (unpaired) electrons. The molecule has 30 heavy (non-hydrogen) atoms. The second kappa shape index (κ2) is 10.6. The van der Waals surface area contributed by atoms with Gasteiger partial charge in [0.2, 0.25) is 10.9 Å². The largest absolute Gasteiger partial charge is 0.354 e. The van der Waals surface area contributed by atoms with Gasteiger partial charge >= 0.3 is 0 Å². The molecule has 3 rings (SSSR count). The van der Waals surface area contributed by atoms with Gasteiger partial charge in [0.15, 0.2) is 0 Å². The molecule has 0 aliphatic rings. The topological polar surface area (TPSA) is 84.0 Å².